The second kappa shape index (κ2) is 8.37. The fraction of sp³-hybridized carbons (Fsp3) is 0.111. The number of ether oxygens (including phenoxy) is 3. The maximum Gasteiger partial charge on any atom is 0.377 e. The number of carbonyl (C=O) groups is 2. The van der Waals surface area contributed by atoms with E-state index in [1.165, 1.54) is 43.5 Å². The van der Waals surface area contributed by atoms with Gasteiger partial charge in [0.25, 0.3) is 0 Å². The second-order valence-corrected chi connectivity index (χ2v) is 6.98. The molecule has 9 heteroatoms. The zero-order valence-electron chi connectivity index (χ0n) is 14.4. The van der Waals surface area contributed by atoms with E-state index in [0.717, 1.165) is 19.4 Å². The average molecular weight is 392 g/mol. The number of rotatable bonds is 7. The number of carboxylic acid groups (broad SMARTS) is 1. The molecule has 0 aliphatic rings. The van der Waals surface area contributed by atoms with Crippen molar-refractivity contribution in [2.45, 2.75) is 9.79 Å². The summed E-state index contributed by atoms with van der Waals surface area (Å²) in [6, 6.07) is 11.0. The SMILES string of the molecule is CO/C=C(/Oc1cccc(S(=O)(=O)c2ccccc2)c1C(=O)O)C(=O)OC. The van der Waals surface area contributed by atoms with Crippen molar-refractivity contribution in [1.82, 2.24) is 0 Å². The minimum Gasteiger partial charge on any atom is -0.500 e. The summed E-state index contributed by atoms with van der Waals surface area (Å²) in [6.07, 6.45) is 0.913. The fourth-order valence-electron chi connectivity index (χ4n) is 2.20. The predicted molar refractivity (Wildman–Crippen MR) is 93.0 cm³/mol. The molecule has 142 valence electrons. The normalized spacial score (nSPS) is 11.6. The van der Waals surface area contributed by atoms with Crippen molar-refractivity contribution in [3.05, 3.63) is 66.1 Å². The monoisotopic (exact) mass is 392 g/mol. The van der Waals surface area contributed by atoms with Crippen LogP contribution in [0.5, 0.6) is 5.75 Å². The molecule has 2 aromatic carbocycles. The van der Waals surface area contributed by atoms with Crippen LogP contribution in [0.3, 0.4) is 0 Å². The third kappa shape index (κ3) is 4.26. The molecule has 0 fully saturated rings. The van der Waals surface area contributed by atoms with E-state index in [1.54, 1.807) is 6.07 Å². The van der Waals surface area contributed by atoms with Crippen molar-refractivity contribution in [2.75, 3.05) is 14.2 Å². The molecule has 8 nitrogen and oxygen atoms in total. The Kier molecular flexibility index (Phi) is 6.19. The quantitative estimate of drug-likeness (QED) is 0.433. The molecule has 0 aliphatic heterocycles. The smallest absolute Gasteiger partial charge is 0.377 e. The molecule has 0 saturated carbocycles. The summed E-state index contributed by atoms with van der Waals surface area (Å²) >= 11 is 0. The Bertz CT molecular complexity index is 978. The summed E-state index contributed by atoms with van der Waals surface area (Å²) in [4.78, 5) is 23.0. The van der Waals surface area contributed by atoms with E-state index in [4.69, 9.17) is 9.47 Å². The largest absolute Gasteiger partial charge is 0.500 e. The van der Waals surface area contributed by atoms with Gasteiger partial charge in [0.2, 0.25) is 15.6 Å². The van der Waals surface area contributed by atoms with Crippen LogP contribution >= 0.6 is 0 Å². The van der Waals surface area contributed by atoms with Crippen molar-refractivity contribution < 1.29 is 37.3 Å². The van der Waals surface area contributed by atoms with Crippen LogP contribution in [-0.2, 0) is 24.1 Å². The van der Waals surface area contributed by atoms with E-state index in [0.29, 0.717) is 0 Å². The fourth-order valence-corrected chi connectivity index (χ4v) is 3.68. The summed E-state index contributed by atoms with van der Waals surface area (Å²) in [5, 5.41) is 9.58. The standard InChI is InChI=1S/C18H16O8S/c1-24-11-14(18(21)25-2)26-13-9-6-10-15(16(13)17(19)20)27(22,23)12-7-4-3-5-8-12/h3-11H,1-2H3,(H,19,20)/b14-11+. The molecule has 0 aromatic heterocycles. The van der Waals surface area contributed by atoms with Gasteiger partial charge in [0.15, 0.2) is 0 Å². The van der Waals surface area contributed by atoms with E-state index < -0.39 is 38.0 Å². The molecule has 0 unspecified atom stereocenters. The van der Waals surface area contributed by atoms with E-state index in [2.05, 4.69) is 4.74 Å². The van der Waals surface area contributed by atoms with Gasteiger partial charge in [0.1, 0.15) is 17.6 Å². The first-order valence-electron chi connectivity index (χ1n) is 7.48. The van der Waals surface area contributed by atoms with E-state index in [9.17, 15) is 23.1 Å². The molecule has 1 N–H and O–H groups in total. The Morgan fingerprint density at radius 3 is 2.22 bits per heavy atom. The van der Waals surface area contributed by atoms with E-state index >= 15 is 0 Å². The van der Waals surface area contributed by atoms with Gasteiger partial charge in [-0.2, -0.15) is 0 Å². The van der Waals surface area contributed by atoms with Gasteiger partial charge in [-0.3, -0.25) is 0 Å². The molecule has 0 atom stereocenters. The number of carbonyl (C=O) groups excluding carboxylic acids is 1. The number of esters is 1. The lowest BCUT2D eigenvalue weighted by molar-refractivity contribution is -0.138. The highest BCUT2D eigenvalue weighted by Gasteiger charge is 2.28. The summed E-state index contributed by atoms with van der Waals surface area (Å²) < 4.78 is 40.3. The first-order chi connectivity index (χ1) is 12.8. The Morgan fingerprint density at radius 2 is 1.67 bits per heavy atom. The van der Waals surface area contributed by atoms with Crippen molar-refractivity contribution >= 4 is 21.8 Å². The van der Waals surface area contributed by atoms with Gasteiger partial charge < -0.3 is 19.3 Å². The van der Waals surface area contributed by atoms with Crippen LogP contribution in [0.15, 0.2) is 70.3 Å². The molecule has 2 rings (SSSR count). The van der Waals surface area contributed by atoms with Crippen LogP contribution in [0.4, 0.5) is 0 Å². The van der Waals surface area contributed by atoms with Crippen molar-refractivity contribution in [3.63, 3.8) is 0 Å². The number of benzene rings is 2. The highest BCUT2D eigenvalue weighted by Crippen LogP contribution is 2.31. The van der Waals surface area contributed by atoms with Crippen LogP contribution < -0.4 is 4.74 Å². The van der Waals surface area contributed by atoms with Gasteiger partial charge in [-0.05, 0) is 24.3 Å². The minimum atomic E-state index is -4.14. The number of carboxylic acids is 1. The van der Waals surface area contributed by atoms with E-state index in [-0.39, 0.29) is 10.6 Å². The number of hydrogen-bond donors (Lipinski definition) is 1. The first kappa shape index (κ1) is 20.0. The molecule has 0 bridgehead atoms. The van der Waals surface area contributed by atoms with Crippen LogP contribution in [0, 0.1) is 0 Å². The summed E-state index contributed by atoms with van der Waals surface area (Å²) in [5.41, 5.74) is -0.618. The van der Waals surface area contributed by atoms with Crippen LogP contribution in [0.25, 0.3) is 0 Å². The molecule has 0 aliphatic carbocycles. The summed E-state index contributed by atoms with van der Waals surface area (Å²) in [6.45, 7) is 0. The molecule has 0 amide bonds. The zero-order chi connectivity index (χ0) is 20.0. The van der Waals surface area contributed by atoms with Gasteiger partial charge in [-0.25, -0.2) is 18.0 Å². The lowest BCUT2D eigenvalue weighted by Crippen LogP contribution is -2.15. The van der Waals surface area contributed by atoms with Crippen molar-refractivity contribution in [1.29, 1.82) is 0 Å². The second-order valence-electron chi connectivity index (χ2n) is 5.06. The lowest BCUT2D eigenvalue weighted by atomic mass is 10.2. The highest BCUT2D eigenvalue weighted by molar-refractivity contribution is 7.91. The minimum absolute atomic E-state index is 0.0784. The number of hydrogen-bond acceptors (Lipinski definition) is 7. The molecule has 0 heterocycles. The zero-order valence-corrected chi connectivity index (χ0v) is 15.2. The Balaban J connectivity index is 2.63. The van der Waals surface area contributed by atoms with Crippen molar-refractivity contribution in [2.24, 2.45) is 0 Å². The first-order valence-corrected chi connectivity index (χ1v) is 8.96. The molecule has 2 aromatic rings. The van der Waals surface area contributed by atoms with Crippen LogP contribution in [0.1, 0.15) is 10.4 Å². The number of methoxy groups -OCH3 is 2. The number of aromatic carboxylic acids is 1. The third-order valence-electron chi connectivity index (χ3n) is 3.38. The lowest BCUT2D eigenvalue weighted by Gasteiger charge is -2.14. The summed E-state index contributed by atoms with van der Waals surface area (Å²) in [5.74, 6) is -3.27. The Morgan fingerprint density at radius 1 is 1.00 bits per heavy atom. The van der Waals surface area contributed by atoms with Crippen LogP contribution in [-0.4, -0.2) is 39.7 Å². The average Bonchev–Trinajstić information content (AvgIpc) is 2.67. The topological polar surface area (TPSA) is 116 Å². The maximum atomic E-state index is 12.9. The van der Waals surface area contributed by atoms with Crippen molar-refractivity contribution in [3.8, 4) is 5.75 Å². The van der Waals surface area contributed by atoms with Gasteiger partial charge >= 0.3 is 11.9 Å². The predicted octanol–water partition coefficient (Wildman–Crippen LogP) is 2.26. The molecular weight excluding hydrogens is 376 g/mol. The molecule has 0 spiro atoms. The molecular formula is C18H16O8S. The number of sulfone groups is 1. The molecule has 27 heavy (non-hydrogen) atoms. The van der Waals surface area contributed by atoms with Gasteiger partial charge in [-0.1, -0.05) is 24.3 Å². The van der Waals surface area contributed by atoms with E-state index in [1.807, 2.05) is 0 Å². The Labute approximate surface area is 155 Å². The van der Waals surface area contributed by atoms with Gasteiger partial charge in [0.05, 0.1) is 24.0 Å². The van der Waals surface area contributed by atoms with Gasteiger partial charge in [-0.15, -0.1) is 0 Å². The van der Waals surface area contributed by atoms with Gasteiger partial charge in [0, 0.05) is 0 Å². The molecule has 0 saturated heterocycles. The van der Waals surface area contributed by atoms with Crippen LogP contribution in [0.2, 0.25) is 0 Å². The third-order valence-corrected chi connectivity index (χ3v) is 5.19. The summed E-state index contributed by atoms with van der Waals surface area (Å²) in [7, 11) is -1.79. The molecule has 0 radical (unpaired) electrons. The highest BCUT2D eigenvalue weighted by atomic mass is 32.2. The Hall–Kier alpha value is -3.33. The maximum absolute atomic E-state index is 12.9.